The molecule has 0 bridgehead atoms. The van der Waals surface area contributed by atoms with Crippen LogP contribution in [-0.2, 0) is 46.7 Å². The molecular weight excluding hydrogens is 550 g/mol. The van der Waals surface area contributed by atoms with Gasteiger partial charge in [-0.05, 0) is 97.7 Å². The molecule has 3 aliphatic heterocycles. The van der Waals surface area contributed by atoms with Crippen molar-refractivity contribution in [2.45, 2.75) is 84.1 Å². The summed E-state index contributed by atoms with van der Waals surface area (Å²) in [6, 6.07) is 9.85. The van der Waals surface area contributed by atoms with Gasteiger partial charge in [0.05, 0.1) is 18.1 Å². The first kappa shape index (κ1) is 30.4. The maximum atomic E-state index is 13.3. The van der Waals surface area contributed by atoms with Gasteiger partial charge in [-0.1, -0.05) is 25.1 Å². The van der Waals surface area contributed by atoms with Gasteiger partial charge in [0.1, 0.15) is 5.78 Å². The van der Waals surface area contributed by atoms with Crippen molar-refractivity contribution in [1.82, 2.24) is 24.7 Å². The zero-order valence-corrected chi connectivity index (χ0v) is 26.5. The van der Waals surface area contributed by atoms with Gasteiger partial charge in [-0.3, -0.25) is 39.1 Å². The standard InChI is InChI=1S/C36H43N5O3/c1-22(29-8-6-7-28-21-39(5)34(23(2)42)16-31(28)29)19-40-14-11-33-32(36(40)25(4)44)15-26(17-38-33)20-41-13-10-27-18-37-12-9-30(27)35(41)24(3)43/h6-9,12,15,17-18,22,34-36H,10-11,13-14,16,19-21H2,1-5H3. The first-order chi connectivity index (χ1) is 21.1. The lowest BCUT2D eigenvalue weighted by Gasteiger charge is -2.39. The van der Waals surface area contributed by atoms with E-state index in [4.69, 9.17) is 4.98 Å². The van der Waals surface area contributed by atoms with Crippen molar-refractivity contribution >= 4 is 17.3 Å². The van der Waals surface area contributed by atoms with Crippen LogP contribution in [0.1, 0.15) is 90.3 Å². The van der Waals surface area contributed by atoms with Gasteiger partial charge in [0.15, 0.2) is 11.6 Å². The van der Waals surface area contributed by atoms with E-state index >= 15 is 0 Å². The Morgan fingerprint density at radius 2 is 1.66 bits per heavy atom. The van der Waals surface area contributed by atoms with E-state index in [0.29, 0.717) is 6.54 Å². The highest BCUT2D eigenvalue weighted by Gasteiger charge is 2.35. The zero-order chi connectivity index (χ0) is 31.1. The van der Waals surface area contributed by atoms with Crippen molar-refractivity contribution in [2.24, 2.45) is 0 Å². The summed E-state index contributed by atoms with van der Waals surface area (Å²) in [5, 5.41) is 0. The molecule has 8 nitrogen and oxygen atoms in total. The number of carbonyl (C=O) groups excluding carboxylic acids is 3. The van der Waals surface area contributed by atoms with Crippen LogP contribution in [0.25, 0.3) is 0 Å². The monoisotopic (exact) mass is 593 g/mol. The van der Waals surface area contributed by atoms with Crippen molar-refractivity contribution < 1.29 is 14.4 Å². The quantitative estimate of drug-likeness (QED) is 0.380. The summed E-state index contributed by atoms with van der Waals surface area (Å²) in [5.74, 6) is 0.633. The van der Waals surface area contributed by atoms with Crippen molar-refractivity contribution in [3.63, 3.8) is 0 Å². The fraction of sp³-hybridized carbons (Fsp3) is 0.472. The molecule has 230 valence electrons. The summed E-state index contributed by atoms with van der Waals surface area (Å²) in [6.45, 7) is 10.9. The molecule has 0 radical (unpaired) electrons. The van der Waals surface area contributed by atoms with E-state index in [0.717, 1.165) is 73.4 Å². The Hall–Kier alpha value is -3.59. The second kappa shape index (κ2) is 12.4. The summed E-state index contributed by atoms with van der Waals surface area (Å²) < 4.78 is 0. The second-order valence-corrected chi connectivity index (χ2v) is 13.1. The number of carbonyl (C=O) groups is 3. The fourth-order valence-electron chi connectivity index (χ4n) is 7.87. The molecule has 2 aromatic heterocycles. The molecule has 0 saturated heterocycles. The molecule has 0 saturated carbocycles. The van der Waals surface area contributed by atoms with Crippen LogP contribution in [0.4, 0.5) is 0 Å². The van der Waals surface area contributed by atoms with Crippen molar-refractivity contribution in [3.8, 4) is 0 Å². The van der Waals surface area contributed by atoms with E-state index in [-0.39, 0.29) is 41.4 Å². The number of hydrogen-bond acceptors (Lipinski definition) is 8. The topological polar surface area (TPSA) is 86.7 Å². The van der Waals surface area contributed by atoms with E-state index in [1.54, 1.807) is 27.0 Å². The maximum Gasteiger partial charge on any atom is 0.151 e. The Bertz CT molecular complexity index is 1600. The van der Waals surface area contributed by atoms with E-state index in [1.807, 2.05) is 25.5 Å². The third-order valence-corrected chi connectivity index (χ3v) is 9.95. The van der Waals surface area contributed by atoms with Crippen LogP contribution in [0.2, 0.25) is 0 Å². The predicted octanol–water partition coefficient (Wildman–Crippen LogP) is 4.40. The third kappa shape index (κ3) is 5.78. The molecular formula is C36H43N5O3. The molecule has 4 unspecified atom stereocenters. The van der Waals surface area contributed by atoms with Gasteiger partial charge in [0, 0.05) is 63.4 Å². The largest absolute Gasteiger partial charge is 0.298 e. The second-order valence-electron chi connectivity index (χ2n) is 13.1. The Labute approximate surface area is 260 Å². The van der Waals surface area contributed by atoms with Gasteiger partial charge < -0.3 is 0 Å². The van der Waals surface area contributed by atoms with Crippen LogP contribution in [0.5, 0.6) is 0 Å². The van der Waals surface area contributed by atoms with Crippen molar-refractivity contribution in [1.29, 1.82) is 0 Å². The molecule has 1 aromatic carbocycles. The summed E-state index contributed by atoms with van der Waals surface area (Å²) in [4.78, 5) is 54.3. The summed E-state index contributed by atoms with van der Waals surface area (Å²) in [5.41, 5.74) is 9.02. The smallest absolute Gasteiger partial charge is 0.151 e. The molecule has 5 heterocycles. The van der Waals surface area contributed by atoms with E-state index < -0.39 is 0 Å². The number of hydrogen-bond donors (Lipinski definition) is 0. The zero-order valence-electron chi connectivity index (χ0n) is 26.5. The SMILES string of the molecule is CC(=O)C1Cc2c(cccc2C(C)CN2CCc3ncc(CN4CCc5cnccc5C4C(C)=O)cc3C2C(C)=O)CN1C. The minimum Gasteiger partial charge on any atom is -0.298 e. The van der Waals surface area contributed by atoms with Gasteiger partial charge in [0.2, 0.25) is 0 Å². The number of ketones is 3. The Balaban J connectivity index is 1.24. The van der Waals surface area contributed by atoms with Gasteiger partial charge in [-0.25, -0.2) is 0 Å². The first-order valence-corrected chi connectivity index (χ1v) is 15.8. The molecule has 4 atom stereocenters. The lowest BCUT2D eigenvalue weighted by atomic mass is 9.84. The Morgan fingerprint density at radius 3 is 2.41 bits per heavy atom. The molecule has 44 heavy (non-hydrogen) atoms. The summed E-state index contributed by atoms with van der Waals surface area (Å²) in [7, 11) is 2.03. The highest BCUT2D eigenvalue weighted by Crippen LogP contribution is 2.36. The third-order valence-electron chi connectivity index (χ3n) is 9.95. The minimum atomic E-state index is -0.360. The first-order valence-electron chi connectivity index (χ1n) is 15.8. The molecule has 0 amide bonds. The number of aromatic nitrogens is 2. The highest BCUT2D eigenvalue weighted by atomic mass is 16.1. The predicted molar refractivity (Wildman–Crippen MR) is 169 cm³/mol. The number of Topliss-reactive ketones (excluding diaryl/α,β-unsaturated/α-hetero) is 3. The Morgan fingerprint density at radius 1 is 0.909 bits per heavy atom. The molecule has 3 aromatic rings. The van der Waals surface area contributed by atoms with Crippen LogP contribution in [0.3, 0.4) is 0 Å². The number of pyridine rings is 2. The van der Waals surface area contributed by atoms with Gasteiger partial charge >= 0.3 is 0 Å². The molecule has 8 heteroatoms. The van der Waals surface area contributed by atoms with Crippen LogP contribution in [-0.4, -0.2) is 74.7 Å². The van der Waals surface area contributed by atoms with Crippen LogP contribution >= 0.6 is 0 Å². The van der Waals surface area contributed by atoms with E-state index in [2.05, 4.69) is 50.9 Å². The van der Waals surface area contributed by atoms with Crippen molar-refractivity contribution in [2.75, 3.05) is 26.7 Å². The summed E-state index contributed by atoms with van der Waals surface area (Å²) in [6.07, 6.45) is 7.92. The molecule has 6 rings (SSSR count). The average molecular weight is 594 g/mol. The number of likely N-dealkylation sites (N-methyl/N-ethyl adjacent to an activating group) is 1. The number of benzene rings is 1. The van der Waals surface area contributed by atoms with Gasteiger partial charge in [0.25, 0.3) is 0 Å². The molecule has 0 fully saturated rings. The van der Waals surface area contributed by atoms with Crippen LogP contribution < -0.4 is 0 Å². The number of rotatable bonds is 8. The van der Waals surface area contributed by atoms with Gasteiger partial charge in [-0.2, -0.15) is 0 Å². The normalized spacial score (nSPS) is 22.9. The average Bonchev–Trinajstić information content (AvgIpc) is 2.99. The van der Waals surface area contributed by atoms with E-state index in [1.165, 1.54) is 16.7 Å². The molecule has 0 spiro atoms. The van der Waals surface area contributed by atoms with E-state index in [9.17, 15) is 14.4 Å². The molecule has 0 aliphatic carbocycles. The molecule has 0 N–H and O–H groups in total. The van der Waals surface area contributed by atoms with Crippen molar-refractivity contribution in [3.05, 3.63) is 93.6 Å². The lowest BCUT2D eigenvalue weighted by molar-refractivity contribution is -0.123. The van der Waals surface area contributed by atoms with Gasteiger partial charge in [-0.15, -0.1) is 0 Å². The molecule has 3 aliphatic rings. The maximum absolute atomic E-state index is 13.3. The Kier molecular flexibility index (Phi) is 8.59. The van der Waals surface area contributed by atoms with Crippen LogP contribution in [0.15, 0.2) is 48.9 Å². The summed E-state index contributed by atoms with van der Waals surface area (Å²) >= 11 is 0. The lowest BCUT2D eigenvalue weighted by Crippen LogP contribution is -2.43. The number of nitrogens with zero attached hydrogens (tertiary/aromatic N) is 5. The minimum absolute atomic E-state index is 0.0974. The van der Waals surface area contributed by atoms with Crippen LogP contribution in [0, 0.1) is 0 Å². The fourth-order valence-corrected chi connectivity index (χ4v) is 7.87. The highest BCUT2D eigenvalue weighted by molar-refractivity contribution is 5.84. The number of fused-ring (bicyclic) bond motifs is 3.